The Labute approximate surface area is 189 Å². The van der Waals surface area contributed by atoms with Crippen LogP contribution in [0.4, 0.5) is 0 Å². The van der Waals surface area contributed by atoms with Crippen LogP contribution < -0.4 is 10.2 Å². The van der Waals surface area contributed by atoms with Crippen LogP contribution in [-0.2, 0) is 0 Å². The standard InChI is InChI=1S/C25H18ClN3O3/c26-21-11-7-19(8-12-21)25(31)32-23-6-2-1-5-20(23)17-27-28-24(30)18-9-13-22(14-10-18)29-15-3-4-16-29/h1-17H,(H,28,30)/b27-17+. The number of nitrogens with one attached hydrogen (secondary N) is 1. The fraction of sp³-hybridized carbons (Fsp3) is 0. The Morgan fingerprint density at radius 3 is 2.22 bits per heavy atom. The first kappa shape index (κ1) is 21.1. The summed E-state index contributed by atoms with van der Waals surface area (Å²) < 4.78 is 7.42. The van der Waals surface area contributed by atoms with Crippen LogP contribution in [0, 0.1) is 0 Å². The fourth-order valence-corrected chi connectivity index (χ4v) is 3.07. The Balaban J connectivity index is 1.41. The van der Waals surface area contributed by atoms with E-state index in [0.29, 0.717) is 27.5 Å². The molecule has 0 atom stereocenters. The zero-order chi connectivity index (χ0) is 22.3. The number of aromatic nitrogens is 1. The lowest BCUT2D eigenvalue weighted by Gasteiger charge is -2.07. The Morgan fingerprint density at radius 1 is 0.844 bits per heavy atom. The lowest BCUT2D eigenvalue weighted by molar-refractivity contribution is 0.0734. The second-order valence-electron chi connectivity index (χ2n) is 6.77. The summed E-state index contributed by atoms with van der Waals surface area (Å²) in [6, 6.07) is 24.3. The van der Waals surface area contributed by atoms with E-state index in [1.54, 1.807) is 60.7 Å². The molecule has 0 unspecified atom stereocenters. The predicted molar refractivity (Wildman–Crippen MR) is 124 cm³/mol. The maximum Gasteiger partial charge on any atom is 0.343 e. The van der Waals surface area contributed by atoms with Gasteiger partial charge in [0.2, 0.25) is 0 Å². The van der Waals surface area contributed by atoms with Crippen LogP contribution in [0.2, 0.25) is 5.02 Å². The van der Waals surface area contributed by atoms with Crippen molar-refractivity contribution in [3.63, 3.8) is 0 Å². The van der Waals surface area contributed by atoms with Crippen LogP contribution >= 0.6 is 11.6 Å². The van der Waals surface area contributed by atoms with Gasteiger partial charge in [-0.2, -0.15) is 5.10 Å². The van der Waals surface area contributed by atoms with Gasteiger partial charge in [-0.25, -0.2) is 10.2 Å². The number of rotatable bonds is 6. The summed E-state index contributed by atoms with van der Waals surface area (Å²) in [5, 5.41) is 4.54. The van der Waals surface area contributed by atoms with Gasteiger partial charge in [0.25, 0.3) is 5.91 Å². The first-order chi connectivity index (χ1) is 15.6. The van der Waals surface area contributed by atoms with Gasteiger partial charge in [0.15, 0.2) is 0 Å². The van der Waals surface area contributed by atoms with E-state index in [-0.39, 0.29) is 5.91 Å². The third kappa shape index (κ3) is 5.11. The van der Waals surface area contributed by atoms with Crippen LogP contribution in [0.1, 0.15) is 26.3 Å². The molecule has 0 fully saturated rings. The molecule has 1 heterocycles. The van der Waals surface area contributed by atoms with E-state index < -0.39 is 5.97 Å². The SMILES string of the molecule is O=C(N/N=C/c1ccccc1OC(=O)c1ccc(Cl)cc1)c1ccc(-n2cccc2)cc1. The molecule has 0 aliphatic carbocycles. The molecule has 0 saturated carbocycles. The molecule has 32 heavy (non-hydrogen) atoms. The lowest BCUT2D eigenvalue weighted by atomic mass is 10.2. The van der Waals surface area contributed by atoms with E-state index in [0.717, 1.165) is 5.69 Å². The number of esters is 1. The van der Waals surface area contributed by atoms with Gasteiger partial charge in [-0.05, 0) is 72.8 Å². The molecule has 0 saturated heterocycles. The van der Waals surface area contributed by atoms with Crippen molar-refractivity contribution < 1.29 is 14.3 Å². The quantitative estimate of drug-likeness (QED) is 0.195. The molecular formula is C25H18ClN3O3. The second kappa shape index (κ2) is 9.76. The number of nitrogens with zero attached hydrogens (tertiary/aromatic N) is 2. The summed E-state index contributed by atoms with van der Waals surface area (Å²) in [7, 11) is 0. The highest BCUT2D eigenvalue weighted by Gasteiger charge is 2.11. The Kier molecular flexibility index (Phi) is 6.43. The van der Waals surface area contributed by atoms with Crippen molar-refractivity contribution in [1.82, 2.24) is 9.99 Å². The topological polar surface area (TPSA) is 72.7 Å². The minimum absolute atomic E-state index is 0.321. The van der Waals surface area contributed by atoms with Crippen molar-refractivity contribution in [1.29, 1.82) is 0 Å². The van der Waals surface area contributed by atoms with Gasteiger partial charge in [0.05, 0.1) is 11.8 Å². The van der Waals surface area contributed by atoms with E-state index in [9.17, 15) is 9.59 Å². The van der Waals surface area contributed by atoms with Gasteiger partial charge in [-0.1, -0.05) is 23.7 Å². The molecule has 3 aromatic carbocycles. The van der Waals surface area contributed by atoms with Gasteiger partial charge in [0, 0.05) is 34.2 Å². The molecule has 1 amide bonds. The summed E-state index contributed by atoms with van der Waals surface area (Å²) in [6.07, 6.45) is 5.28. The number of benzene rings is 3. The van der Waals surface area contributed by atoms with Crippen molar-refractivity contribution in [2.75, 3.05) is 0 Å². The molecule has 7 heteroatoms. The number of carbonyl (C=O) groups is 2. The van der Waals surface area contributed by atoms with Crippen molar-refractivity contribution in [2.45, 2.75) is 0 Å². The Hall–Kier alpha value is -4.16. The minimum atomic E-state index is -0.519. The number of ether oxygens (including phenoxy) is 1. The van der Waals surface area contributed by atoms with Crippen molar-refractivity contribution in [3.8, 4) is 11.4 Å². The molecule has 158 valence electrons. The molecule has 1 N–H and O–H groups in total. The van der Waals surface area contributed by atoms with Crippen LogP contribution in [0.5, 0.6) is 5.75 Å². The van der Waals surface area contributed by atoms with E-state index in [1.165, 1.54) is 6.21 Å². The number of hydrogen-bond acceptors (Lipinski definition) is 4. The summed E-state index contributed by atoms with van der Waals surface area (Å²) in [6.45, 7) is 0. The van der Waals surface area contributed by atoms with Crippen molar-refractivity contribution in [3.05, 3.63) is 119 Å². The predicted octanol–water partition coefficient (Wildman–Crippen LogP) is 5.11. The molecule has 0 spiro atoms. The molecule has 0 bridgehead atoms. The van der Waals surface area contributed by atoms with Crippen LogP contribution in [0.3, 0.4) is 0 Å². The van der Waals surface area contributed by atoms with Gasteiger partial charge < -0.3 is 9.30 Å². The molecule has 0 radical (unpaired) electrons. The molecule has 4 aromatic rings. The third-order valence-corrected chi connectivity index (χ3v) is 4.86. The van der Waals surface area contributed by atoms with E-state index in [4.69, 9.17) is 16.3 Å². The average Bonchev–Trinajstić information content (AvgIpc) is 3.36. The summed E-state index contributed by atoms with van der Waals surface area (Å²) in [5.74, 6) is -0.549. The van der Waals surface area contributed by atoms with Crippen molar-refractivity contribution in [2.24, 2.45) is 5.10 Å². The normalized spacial score (nSPS) is 10.8. The number of para-hydroxylation sites is 1. The molecule has 1 aromatic heterocycles. The number of amides is 1. The molecular weight excluding hydrogens is 426 g/mol. The smallest absolute Gasteiger partial charge is 0.343 e. The zero-order valence-electron chi connectivity index (χ0n) is 16.8. The number of carbonyl (C=O) groups excluding carboxylic acids is 2. The van der Waals surface area contributed by atoms with Gasteiger partial charge in [-0.3, -0.25) is 4.79 Å². The van der Waals surface area contributed by atoms with Crippen LogP contribution in [0.15, 0.2) is 102 Å². The highest BCUT2D eigenvalue weighted by Crippen LogP contribution is 2.18. The number of hydrazone groups is 1. The van der Waals surface area contributed by atoms with E-state index in [1.807, 2.05) is 41.2 Å². The third-order valence-electron chi connectivity index (χ3n) is 4.60. The van der Waals surface area contributed by atoms with Gasteiger partial charge >= 0.3 is 5.97 Å². The van der Waals surface area contributed by atoms with Crippen LogP contribution in [0.25, 0.3) is 5.69 Å². The Bertz CT molecular complexity index is 1250. The minimum Gasteiger partial charge on any atom is -0.422 e. The van der Waals surface area contributed by atoms with Crippen molar-refractivity contribution >= 4 is 29.7 Å². The highest BCUT2D eigenvalue weighted by atomic mass is 35.5. The summed E-state index contributed by atoms with van der Waals surface area (Å²) >= 11 is 5.85. The second-order valence-corrected chi connectivity index (χ2v) is 7.21. The van der Waals surface area contributed by atoms with Crippen LogP contribution in [-0.4, -0.2) is 22.7 Å². The van der Waals surface area contributed by atoms with E-state index in [2.05, 4.69) is 10.5 Å². The molecule has 6 nitrogen and oxygen atoms in total. The maximum atomic E-state index is 12.4. The van der Waals surface area contributed by atoms with E-state index >= 15 is 0 Å². The molecule has 4 rings (SSSR count). The number of hydrogen-bond donors (Lipinski definition) is 1. The summed E-state index contributed by atoms with van der Waals surface area (Å²) in [5.41, 5.74) is 4.82. The monoisotopic (exact) mass is 443 g/mol. The molecule has 0 aliphatic heterocycles. The first-order valence-corrected chi connectivity index (χ1v) is 10.1. The van der Waals surface area contributed by atoms with Gasteiger partial charge in [-0.15, -0.1) is 0 Å². The number of halogens is 1. The largest absolute Gasteiger partial charge is 0.422 e. The molecule has 0 aliphatic rings. The lowest BCUT2D eigenvalue weighted by Crippen LogP contribution is -2.17. The highest BCUT2D eigenvalue weighted by molar-refractivity contribution is 6.30. The Morgan fingerprint density at radius 2 is 1.50 bits per heavy atom. The van der Waals surface area contributed by atoms with Gasteiger partial charge in [0.1, 0.15) is 5.75 Å². The average molecular weight is 444 g/mol. The summed E-state index contributed by atoms with van der Waals surface area (Å²) in [4.78, 5) is 24.8. The first-order valence-electron chi connectivity index (χ1n) is 9.74. The zero-order valence-corrected chi connectivity index (χ0v) is 17.6. The maximum absolute atomic E-state index is 12.4. The fourth-order valence-electron chi connectivity index (χ4n) is 2.94.